The molecular weight excluding hydrogens is 446 g/mol. The van der Waals surface area contributed by atoms with Crippen LogP contribution >= 0.6 is 0 Å². The molecule has 2 heterocycles. The van der Waals surface area contributed by atoms with Crippen molar-refractivity contribution in [1.29, 1.82) is 0 Å². The van der Waals surface area contributed by atoms with Gasteiger partial charge in [0.25, 0.3) is 5.91 Å². The van der Waals surface area contributed by atoms with Crippen molar-refractivity contribution in [3.05, 3.63) is 71.8 Å². The second-order valence-corrected chi connectivity index (χ2v) is 9.50. The molecule has 35 heavy (non-hydrogen) atoms. The molecule has 0 spiro atoms. The number of benzene rings is 2. The Kier molecular flexibility index (Phi) is 7.19. The first kappa shape index (κ1) is 24.4. The fourth-order valence-electron chi connectivity index (χ4n) is 5.15. The zero-order chi connectivity index (χ0) is 25.0. The average molecular weight is 478 g/mol. The van der Waals surface area contributed by atoms with Crippen LogP contribution in [0.15, 0.2) is 60.7 Å². The monoisotopic (exact) mass is 477 g/mol. The SMILES string of the molecule is CC(Cc1ccccc1)(NC(=O)[C@@H]1CCCN1C(=O)c1ccccc1)C(=O)N1CCC[C@H]1C(=O)O. The second-order valence-electron chi connectivity index (χ2n) is 9.50. The van der Waals surface area contributed by atoms with E-state index in [0.717, 1.165) is 5.56 Å². The number of aliphatic carboxylic acids is 1. The standard InChI is InChI=1S/C27H31N3O5/c1-27(18-19-10-4-2-5-11-19,26(35)30-17-9-15-22(30)25(33)34)28-23(31)21-14-8-16-29(21)24(32)20-12-6-3-7-13-20/h2-7,10-13,21-22H,8-9,14-18H2,1H3,(H,28,31)(H,33,34)/t21-,22-,27?/m0/s1. The van der Waals surface area contributed by atoms with E-state index < -0.39 is 35.4 Å². The second kappa shape index (κ2) is 10.3. The van der Waals surface area contributed by atoms with Crippen molar-refractivity contribution in [3.8, 4) is 0 Å². The van der Waals surface area contributed by atoms with Crippen LogP contribution in [0, 0.1) is 0 Å². The molecule has 1 unspecified atom stereocenters. The Labute approximate surface area is 204 Å². The van der Waals surface area contributed by atoms with Gasteiger partial charge in [0.15, 0.2) is 0 Å². The topological polar surface area (TPSA) is 107 Å². The van der Waals surface area contributed by atoms with E-state index in [2.05, 4.69) is 5.32 Å². The predicted molar refractivity (Wildman–Crippen MR) is 130 cm³/mol. The van der Waals surface area contributed by atoms with Gasteiger partial charge in [-0.05, 0) is 50.3 Å². The molecular formula is C27H31N3O5. The number of rotatable bonds is 7. The van der Waals surface area contributed by atoms with Gasteiger partial charge in [-0.3, -0.25) is 14.4 Å². The molecule has 2 aromatic rings. The first-order valence-corrected chi connectivity index (χ1v) is 12.1. The number of hydrogen-bond acceptors (Lipinski definition) is 4. The molecule has 184 valence electrons. The lowest BCUT2D eigenvalue weighted by atomic mass is 9.90. The number of carbonyl (C=O) groups excluding carboxylic acids is 3. The third-order valence-electron chi connectivity index (χ3n) is 6.91. The molecule has 2 N–H and O–H groups in total. The van der Waals surface area contributed by atoms with Gasteiger partial charge in [-0.2, -0.15) is 0 Å². The van der Waals surface area contributed by atoms with Crippen LogP contribution in [-0.4, -0.2) is 69.3 Å². The Morgan fingerprint density at radius 2 is 1.46 bits per heavy atom. The van der Waals surface area contributed by atoms with Crippen molar-refractivity contribution in [2.24, 2.45) is 0 Å². The molecule has 2 aliphatic heterocycles. The van der Waals surface area contributed by atoms with E-state index in [1.54, 1.807) is 36.1 Å². The van der Waals surface area contributed by atoms with E-state index in [0.29, 0.717) is 44.3 Å². The number of hydrogen-bond donors (Lipinski definition) is 2. The summed E-state index contributed by atoms with van der Waals surface area (Å²) in [6.45, 7) is 2.44. The van der Waals surface area contributed by atoms with Crippen LogP contribution in [-0.2, 0) is 20.8 Å². The number of nitrogens with zero attached hydrogens (tertiary/aromatic N) is 2. The fourth-order valence-corrected chi connectivity index (χ4v) is 5.15. The van der Waals surface area contributed by atoms with Crippen molar-refractivity contribution in [3.63, 3.8) is 0 Å². The summed E-state index contributed by atoms with van der Waals surface area (Å²) in [4.78, 5) is 55.1. The van der Waals surface area contributed by atoms with Crippen molar-refractivity contribution in [2.75, 3.05) is 13.1 Å². The molecule has 0 radical (unpaired) electrons. The van der Waals surface area contributed by atoms with E-state index in [9.17, 15) is 24.3 Å². The normalized spacial score (nSPS) is 21.4. The van der Waals surface area contributed by atoms with Crippen LogP contribution < -0.4 is 5.32 Å². The maximum Gasteiger partial charge on any atom is 0.326 e. The Balaban J connectivity index is 1.58. The van der Waals surface area contributed by atoms with E-state index in [1.165, 1.54) is 4.90 Å². The van der Waals surface area contributed by atoms with Gasteiger partial charge < -0.3 is 20.2 Å². The van der Waals surface area contributed by atoms with E-state index >= 15 is 0 Å². The minimum absolute atomic E-state index is 0.209. The van der Waals surface area contributed by atoms with Gasteiger partial charge in [0.1, 0.15) is 17.6 Å². The fraction of sp³-hybridized carbons (Fsp3) is 0.407. The van der Waals surface area contributed by atoms with Gasteiger partial charge in [-0.15, -0.1) is 0 Å². The van der Waals surface area contributed by atoms with Gasteiger partial charge in [0.2, 0.25) is 11.8 Å². The van der Waals surface area contributed by atoms with Crippen LogP contribution in [0.3, 0.4) is 0 Å². The molecule has 2 fully saturated rings. The Morgan fingerprint density at radius 1 is 0.886 bits per heavy atom. The number of carbonyl (C=O) groups is 4. The first-order chi connectivity index (χ1) is 16.8. The van der Waals surface area contributed by atoms with Crippen molar-refractivity contribution >= 4 is 23.7 Å². The molecule has 0 bridgehead atoms. The molecule has 0 aliphatic carbocycles. The minimum Gasteiger partial charge on any atom is -0.480 e. The van der Waals surface area contributed by atoms with Crippen molar-refractivity contribution in [2.45, 2.75) is 56.7 Å². The van der Waals surface area contributed by atoms with E-state index in [-0.39, 0.29) is 12.3 Å². The van der Waals surface area contributed by atoms with Gasteiger partial charge >= 0.3 is 5.97 Å². The number of amides is 3. The van der Waals surface area contributed by atoms with Crippen molar-refractivity contribution < 1.29 is 24.3 Å². The van der Waals surface area contributed by atoms with Crippen LogP contribution in [0.4, 0.5) is 0 Å². The van der Waals surface area contributed by atoms with Crippen molar-refractivity contribution in [1.82, 2.24) is 15.1 Å². The Morgan fingerprint density at radius 3 is 2.09 bits per heavy atom. The largest absolute Gasteiger partial charge is 0.480 e. The van der Waals surface area contributed by atoms with Crippen LogP contribution in [0.1, 0.15) is 48.5 Å². The summed E-state index contributed by atoms with van der Waals surface area (Å²) in [5.74, 6) is -2.08. The smallest absolute Gasteiger partial charge is 0.326 e. The summed E-state index contributed by atoms with van der Waals surface area (Å²) in [7, 11) is 0. The zero-order valence-electron chi connectivity index (χ0n) is 19.9. The molecule has 2 aliphatic rings. The van der Waals surface area contributed by atoms with Crippen LogP contribution in [0.2, 0.25) is 0 Å². The summed E-state index contributed by atoms with van der Waals surface area (Å²) in [5, 5.41) is 12.6. The van der Waals surface area contributed by atoms with Gasteiger partial charge in [0, 0.05) is 25.1 Å². The third kappa shape index (κ3) is 5.21. The number of nitrogens with one attached hydrogen (secondary N) is 1. The summed E-state index contributed by atoms with van der Waals surface area (Å²) in [6.07, 6.45) is 2.38. The van der Waals surface area contributed by atoms with E-state index in [1.807, 2.05) is 36.4 Å². The molecule has 8 heteroatoms. The first-order valence-electron chi connectivity index (χ1n) is 12.1. The average Bonchev–Trinajstić information content (AvgIpc) is 3.54. The summed E-state index contributed by atoms with van der Waals surface area (Å²) in [5.41, 5.74) is -0.00405. The van der Waals surface area contributed by atoms with E-state index in [4.69, 9.17) is 0 Å². The number of carboxylic acid groups (broad SMARTS) is 1. The maximum atomic E-state index is 13.7. The molecule has 4 rings (SSSR count). The molecule has 2 aromatic carbocycles. The van der Waals surface area contributed by atoms with Crippen LogP contribution in [0.5, 0.6) is 0 Å². The zero-order valence-corrected chi connectivity index (χ0v) is 19.9. The van der Waals surface area contributed by atoms with Gasteiger partial charge in [-0.1, -0.05) is 48.5 Å². The molecule has 0 aromatic heterocycles. The highest BCUT2D eigenvalue weighted by Gasteiger charge is 2.46. The molecule has 2 saturated heterocycles. The van der Waals surface area contributed by atoms with Gasteiger partial charge in [-0.25, -0.2) is 4.79 Å². The highest BCUT2D eigenvalue weighted by Crippen LogP contribution is 2.26. The molecule has 3 amide bonds. The van der Waals surface area contributed by atoms with Gasteiger partial charge in [0.05, 0.1) is 0 Å². The quantitative estimate of drug-likeness (QED) is 0.637. The lowest BCUT2D eigenvalue weighted by Crippen LogP contribution is -2.63. The van der Waals surface area contributed by atoms with Crippen LogP contribution in [0.25, 0.3) is 0 Å². The number of likely N-dealkylation sites (tertiary alicyclic amines) is 2. The maximum absolute atomic E-state index is 13.7. The number of carboxylic acids is 1. The predicted octanol–water partition coefficient (Wildman–Crippen LogP) is 2.48. The Hall–Kier alpha value is -3.68. The molecule has 8 nitrogen and oxygen atoms in total. The Bertz CT molecular complexity index is 1090. The lowest BCUT2D eigenvalue weighted by molar-refractivity contribution is -0.151. The molecule has 0 saturated carbocycles. The summed E-state index contributed by atoms with van der Waals surface area (Å²) in [6, 6.07) is 16.6. The highest BCUT2D eigenvalue weighted by atomic mass is 16.4. The molecule has 3 atom stereocenters. The lowest BCUT2D eigenvalue weighted by Gasteiger charge is -2.37. The minimum atomic E-state index is -1.36. The summed E-state index contributed by atoms with van der Waals surface area (Å²) < 4.78 is 0. The summed E-state index contributed by atoms with van der Waals surface area (Å²) >= 11 is 0. The third-order valence-corrected chi connectivity index (χ3v) is 6.91. The highest BCUT2D eigenvalue weighted by molar-refractivity contribution is 6.00.